The summed E-state index contributed by atoms with van der Waals surface area (Å²) in [5.74, 6) is 0. The molecule has 4 heteroatoms. The number of halogens is 1. The Hall–Kier alpha value is -1.94. The Balaban J connectivity index is 1.53. The molecule has 0 fully saturated rings. The van der Waals surface area contributed by atoms with Crippen molar-refractivity contribution in [2.45, 2.75) is 25.6 Å². The van der Waals surface area contributed by atoms with Crippen LogP contribution in [0.15, 0.2) is 71.7 Å². The third-order valence-electron chi connectivity index (χ3n) is 4.23. The lowest BCUT2D eigenvalue weighted by Crippen LogP contribution is -2.06. The Morgan fingerprint density at radius 3 is 2.15 bits per heavy atom. The smallest absolute Gasteiger partial charge is 0.112 e. The molecular weight excluding hydrogens is 362 g/mol. The largest absolute Gasteiger partial charge is 0.366 e. The van der Waals surface area contributed by atoms with Gasteiger partial charge in [0.15, 0.2) is 0 Å². The minimum Gasteiger partial charge on any atom is -0.366 e. The number of ether oxygens (including phenoxy) is 1. The molecule has 0 amide bonds. The van der Waals surface area contributed by atoms with E-state index >= 15 is 0 Å². The molecule has 1 heterocycles. The normalized spacial score (nSPS) is 12.0. The molecule has 2 nitrogen and oxygen atoms in total. The zero-order valence-electron chi connectivity index (χ0n) is 14.6. The third kappa shape index (κ3) is 5.53. The van der Waals surface area contributed by atoms with E-state index in [0.29, 0.717) is 13.2 Å². The molecule has 1 aromatic heterocycles. The lowest BCUT2D eigenvalue weighted by Gasteiger charge is -2.14. The molecule has 0 aliphatic carbocycles. The van der Waals surface area contributed by atoms with Crippen molar-refractivity contribution in [3.63, 3.8) is 0 Å². The van der Waals surface area contributed by atoms with E-state index in [1.165, 1.54) is 22.5 Å². The van der Waals surface area contributed by atoms with Crippen LogP contribution in [0.25, 0.3) is 0 Å². The first kappa shape index (κ1) is 18.8. The minimum atomic E-state index is -0.0947. The topological polar surface area (TPSA) is 21.6 Å². The molecule has 1 unspecified atom stereocenters. The van der Waals surface area contributed by atoms with E-state index in [9.17, 15) is 0 Å². The first-order valence-corrected chi connectivity index (χ1v) is 9.85. The molecule has 0 bridgehead atoms. The number of thiophene rings is 1. The number of benzene rings is 2. The van der Waals surface area contributed by atoms with Gasteiger partial charge >= 0.3 is 0 Å². The highest BCUT2D eigenvalue weighted by Crippen LogP contribution is 2.30. The maximum atomic E-state index is 6.06. The maximum Gasteiger partial charge on any atom is 0.112 e. The van der Waals surface area contributed by atoms with E-state index in [4.69, 9.17) is 16.3 Å². The third-order valence-corrected chi connectivity index (χ3v) is 5.55. The van der Waals surface area contributed by atoms with Gasteiger partial charge in [-0.1, -0.05) is 66.2 Å². The van der Waals surface area contributed by atoms with Gasteiger partial charge in [-0.25, -0.2) is 0 Å². The van der Waals surface area contributed by atoms with E-state index in [1.807, 2.05) is 12.1 Å². The lowest BCUT2D eigenvalue weighted by molar-refractivity contribution is 0.0485. The van der Waals surface area contributed by atoms with Crippen LogP contribution in [0, 0.1) is 0 Å². The van der Waals surface area contributed by atoms with Crippen LogP contribution in [0.3, 0.4) is 0 Å². The molecule has 3 aromatic rings. The highest BCUT2D eigenvalue weighted by atomic mass is 35.5. The zero-order chi connectivity index (χ0) is 18.2. The quantitative estimate of drug-likeness (QED) is 0.406. The standard InChI is InChI=1S/C22H22ClNOS/c1-24-15-20(21-13-14-22(23)26-21)25-16-19-11-9-18(10-12-19)8-7-17-5-3-2-4-6-17/h2-6,9-14,20H,1,7-8,15-16H2. The van der Waals surface area contributed by atoms with Gasteiger partial charge in [0.2, 0.25) is 0 Å². The van der Waals surface area contributed by atoms with Crippen LogP contribution < -0.4 is 0 Å². The fourth-order valence-corrected chi connectivity index (χ4v) is 3.88. The van der Waals surface area contributed by atoms with Gasteiger partial charge in [0.1, 0.15) is 6.10 Å². The number of nitrogens with zero attached hydrogens (tertiary/aromatic N) is 1. The van der Waals surface area contributed by atoms with Gasteiger partial charge in [-0.05, 0) is 48.4 Å². The number of aryl methyl sites for hydroxylation is 2. The summed E-state index contributed by atoms with van der Waals surface area (Å²) in [4.78, 5) is 5.07. The molecule has 3 rings (SSSR count). The number of aliphatic imine (C=N–C) groups is 1. The number of rotatable bonds is 9. The molecule has 0 aliphatic heterocycles. The van der Waals surface area contributed by atoms with Crippen molar-refractivity contribution in [2.75, 3.05) is 6.54 Å². The molecule has 0 saturated carbocycles. The van der Waals surface area contributed by atoms with Gasteiger partial charge in [0, 0.05) is 4.88 Å². The van der Waals surface area contributed by atoms with Crippen molar-refractivity contribution in [3.8, 4) is 0 Å². The molecule has 0 radical (unpaired) electrons. The van der Waals surface area contributed by atoms with Crippen molar-refractivity contribution in [1.29, 1.82) is 0 Å². The predicted molar refractivity (Wildman–Crippen MR) is 112 cm³/mol. The first-order valence-electron chi connectivity index (χ1n) is 8.65. The summed E-state index contributed by atoms with van der Waals surface area (Å²) in [6.45, 7) is 4.67. The molecule has 0 spiro atoms. The van der Waals surface area contributed by atoms with Crippen LogP contribution in [0.1, 0.15) is 27.7 Å². The zero-order valence-corrected chi connectivity index (χ0v) is 16.2. The summed E-state index contributed by atoms with van der Waals surface area (Å²) in [5, 5.41) is 0. The van der Waals surface area contributed by atoms with Crippen molar-refractivity contribution in [1.82, 2.24) is 0 Å². The minimum absolute atomic E-state index is 0.0947. The van der Waals surface area contributed by atoms with Gasteiger partial charge < -0.3 is 4.74 Å². The Morgan fingerprint density at radius 1 is 0.885 bits per heavy atom. The molecule has 134 valence electrons. The Kier molecular flexibility index (Phi) is 7.01. The number of hydrogen-bond acceptors (Lipinski definition) is 3. The van der Waals surface area contributed by atoms with Crippen molar-refractivity contribution < 1.29 is 4.74 Å². The van der Waals surface area contributed by atoms with E-state index in [2.05, 4.69) is 66.3 Å². The molecule has 2 aromatic carbocycles. The van der Waals surface area contributed by atoms with Crippen LogP contribution in [-0.2, 0) is 24.2 Å². The van der Waals surface area contributed by atoms with Crippen LogP contribution in [0.2, 0.25) is 4.34 Å². The molecular formula is C22H22ClNOS. The average Bonchev–Trinajstić information content (AvgIpc) is 3.11. The van der Waals surface area contributed by atoms with Gasteiger partial charge in [-0.15, -0.1) is 11.3 Å². The second kappa shape index (κ2) is 9.67. The fourth-order valence-electron chi connectivity index (χ4n) is 2.78. The van der Waals surface area contributed by atoms with Gasteiger partial charge in [0.05, 0.1) is 17.5 Å². The molecule has 26 heavy (non-hydrogen) atoms. The summed E-state index contributed by atoms with van der Waals surface area (Å²) in [5.41, 5.74) is 3.87. The number of hydrogen-bond donors (Lipinski definition) is 0. The van der Waals surface area contributed by atoms with Crippen LogP contribution in [0.4, 0.5) is 0 Å². The summed E-state index contributed by atoms with van der Waals surface area (Å²) >= 11 is 7.56. The molecule has 1 atom stereocenters. The van der Waals surface area contributed by atoms with Crippen molar-refractivity contribution in [2.24, 2.45) is 4.99 Å². The highest BCUT2D eigenvalue weighted by Gasteiger charge is 2.14. The van der Waals surface area contributed by atoms with E-state index in [1.54, 1.807) is 0 Å². The monoisotopic (exact) mass is 383 g/mol. The van der Waals surface area contributed by atoms with E-state index < -0.39 is 0 Å². The van der Waals surface area contributed by atoms with Crippen LogP contribution in [0.5, 0.6) is 0 Å². The van der Waals surface area contributed by atoms with E-state index in [-0.39, 0.29) is 6.10 Å². The predicted octanol–water partition coefficient (Wildman–Crippen LogP) is 6.15. The Bertz CT molecular complexity index is 814. The van der Waals surface area contributed by atoms with Gasteiger partial charge in [-0.3, -0.25) is 4.99 Å². The van der Waals surface area contributed by atoms with Crippen LogP contribution in [-0.4, -0.2) is 13.3 Å². The summed E-state index contributed by atoms with van der Waals surface area (Å²) in [6.07, 6.45) is 2.01. The summed E-state index contributed by atoms with van der Waals surface area (Å²) in [7, 11) is 0. The first-order chi connectivity index (χ1) is 12.7. The maximum absolute atomic E-state index is 6.06. The highest BCUT2D eigenvalue weighted by molar-refractivity contribution is 7.16. The summed E-state index contributed by atoms with van der Waals surface area (Å²) in [6, 6.07) is 23.1. The average molecular weight is 384 g/mol. The van der Waals surface area contributed by atoms with Crippen molar-refractivity contribution in [3.05, 3.63) is 92.6 Å². The summed E-state index contributed by atoms with van der Waals surface area (Å²) < 4.78 is 6.82. The fraction of sp³-hybridized carbons (Fsp3) is 0.227. The van der Waals surface area contributed by atoms with Gasteiger partial charge in [0.25, 0.3) is 0 Å². The molecule has 0 N–H and O–H groups in total. The lowest BCUT2D eigenvalue weighted by atomic mass is 10.0. The van der Waals surface area contributed by atoms with Crippen molar-refractivity contribution >= 4 is 29.7 Å². The molecule has 0 saturated heterocycles. The second-order valence-electron chi connectivity index (χ2n) is 6.15. The second-order valence-corrected chi connectivity index (χ2v) is 7.90. The Labute approximate surface area is 164 Å². The SMILES string of the molecule is C=NCC(OCc1ccc(CCc2ccccc2)cc1)c1ccc(Cl)s1. The van der Waals surface area contributed by atoms with E-state index in [0.717, 1.165) is 27.6 Å². The Morgan fingerprint density at radius 2 is 1.54 bits per heavy atom. The van der Waals surface area contributed by atoms with Gasteiger partial charge in [-0.2, -0.15) is 0 Å². The molecule has 0 aliphatic rings. The van der Waals surface area contributed by atoms with Crippen LogP contribution >= 0.6 is 22.9 Å².